The zero-order valence-electron chi connectivity index (χ0n) is 12.8. The lowest BCUT2D eigenvalue weighted by Crippen LogP contribution is -2.46. The molecule has 0 bridgehead atoms. The molecule has 0 amide bonds. The first-order chi connectivity index (χ1) is 9.75. The van der Waals surface area contributed by atoms with E-state index in [1.807, 2.05) is 13.0 Å². The highest BCUT2D eigenvalue weighted by Crippen LogP contribution is 2.39. The molecule has 0 spiro atoms. The van der Waals surface area contributed by atoms with E-state index in [9.17, 15) is 4.39 Å². The van der Waals surface area contributed by atoms with Gasteiger partial charge in [-0.2, -0.15) is 0 Å². The third-order valence-corrected chi connectivity index (χ3v) is 4.93. The van der Waals surface area contributed by atoms with Gasteiger partial charge in [-0.25, -0.2) is 4.39 Å². The SMILES string of the molecule is Cc1ccc([C@@H](C2CCCC2)N2CCNCC2)cc1F.Cl. The standard InChI is InChI=1S/C17H25FN2.ClH/c1-13-6-7-15(12-16(13)18)17(14-4-2-3-5-14)20-10-8-19-9-11-20;/h6-7,12,14,17,19H,2-5,8-11H2,1H3;1H/t17-;/m1./s1. The highest BCUT2D eigenvalue weighted by Gasteiger charge is 2.32. The maximum atomic E-state index is 14.0. The van der Waals surface area contributed by atoms with E-state index in [0.717, 1.165) is 31.7 Å². The van der Waals surface area contributed by atoms with Crippen molar-refractivity contribution >= 4 is 12.4 Å². The summed E-state index contributed by atoms with van der Waals surface area (Å²) in [6.45, 7) is 6.11. The average Bonchev–Trinajstić information content (AvgIpc) is 2.98. The van der Waals surface area contributed by atoms with Gasteiger partial charge in [0.25, 0.3) is 0 Å². The molecule has 1 saturated heterocycles. The van der Waals surface area contributed by atoms with Crippen molar-refractivity contribution in [3.05, 3.63) is 35.1 Å². The van der Waals surface area contributed by atoms with Gasteiger partial charge >= 0.3 is 0 Å². The fraction of sp³-hybridized carbons (Fsp3) is 0.647. The molecular formula is C17H26ClFN2. The number of rotatable bonds is 3. The lowest BCUT2D eigenvalue weighted by molar-refractivity contribution is 0.125. The number of hydrogen-bond acceptors (Lipinski definition) is 2. The van der Waals surface area contributed by atoms with Crippen LogP contribution in [-0.2, 0) is 0 Å². The zero-order valence-corrected chi connectivity index (χ0v) is 13.6. The summed E-state index contributed by atoms with van der Waals surface area (Å²) in [6.07, 6.45) is 5.26. The van der Waals surface area contributed by atoms with Gasteiger partial charge in [-0.15, -0.1) is 12.4 Å². The van der Waals surface area contributed by atoms with Crippen LogP contribution in [0.25, 0.3) is 0 Å². The number of nitrogens with zero attached hydrogens (tertiary/aromatic N) is 1. The Labute approximate surface area is 133 Å². The second kappa shape index (κ2) is 7.57. The van der Waals surface area contributed by atoms with Crippen LogP contribution in [0, 0.1) is 18.7 Å². The Morgan fingerprint density at radius 3 is 2.48 bits per heavy atom. The molecule has 1 heterocycles. The molecule has 1 saturated carbocycles. The second-order valence-corrected chi connectivity index (χ2v) is 6.28. The molecule has 3 rings (SSSR count). The number of benzene rings is 1. The first-order valence-corrected chi connectivity index (χ1v) is 7.96. The summed E-state index contributed by atoms with van der Waals surface area (Å²) < 4.78 is 14.0. The lowest BCUT2D eigenvalue weighted by Gasteiger charge is -2.38. The minimum absolute atomic E-state index is 0. The summed E-state index contributed by atoms with van der Waals surface area (Å²) in [5, 5.41) is 3.42. The van der Waals surface area contributed by atoms with Crippen molar-refractivity contribution in [3.8, 4) is 0 Å². The fourth-order valence-corrected chi connectivity index (χ4v) is 3.81. The quantitative estimate of drug-likeness (QED) is 0.915. The van der Waals surface area contributed by atoms with E-state index in [1.54, 1.807) is 6.07 Å². The predicted octanol–water partition coefficient (Wildman–Crippen LogP) is 3.69. The molecule has 1 N–H and O–H groups in total. The van der Waals surface area contributed by atoms with Crippen LogP contribution in [0.5, 0.6) is 0 Å². The minimum atomic E-state index is -0.0550. The molecule has 0 aromatic heterocycles. The second-order valence-electron chi connectivity index (χ2n) is 6.28. The van der Waals surface area contributed by atoms with Gasteiger partial charge in [0.15, 0.2) is 0 Å². The van der Waals surface area contributed by atoms with Gasteiger partial charge in [-0.1, -0.05) is 25.0 Å². The molecule has 1 aromatic rings. The Morgan fingerprint density at radius 2 is 1.86 bits per heavy atom. The number of piperazine rings is 1. The van der Waals surface area contributed by atoms with Gasteiger partial charge in [-0.3, -0.25) is 4.90 Å². The number of halogens is 2. The first kappa shape index (κ1) is 16.7. The molecule has 1 aromatic carbocycles. The van der Waals surface area contributed by atoms with Crippen molar-refractivity contribution in [1.82, 2.24) is 10.2 Å². The molecule has 1 aliphatic carbocycles. The molecule has 2 nitrogen and oxygen atoms in total. The summed E-state index contributed by atoms with van der Waals surface area (Å²) in [7, 11) is 0. The van der Waals surface area contributed by atoms with E-state index in [-0.39, 0.29) is 18.2 Å². The van der Waals surface area contributed by atoms with Crippen molar-refractivity contribution in [3.63, 3.8) is 0 Å². The van der Waals surface area contributed by atoms with Crippen LogP contribution in [0.4, 0.5) is 4.39 Å². The van der Waals surface area contributed by atoms with Crippen LogP contribution >= 0.6 is 12.4 Å². The molecule has 2 fully saturated rings. The monoisotopic (exact) mass is 312 g/mol. The van der Waals surface area contributed by atoms with Crippen molar-refractivity contribution in [2.75, 3.05) is 26.2 Å². The van der Waals surface area contributed by atoms with E-state index in [0.29, 0.717) is 12.0 Å². The van der Waals surface area contributed by atoms with Gasteiger partial charge in [0.1, 0.15) is 5.82 Å². The number of hydrogen-bond donors (Lipinski definition) is 1. The lowest BCUT2D eigenvalue weighted by atomic mass is 9.89. The van der Waals surface area contributed by atoms with E-state index in [1.165, 1.54) is 31.2 Å². The Hall–Kier alpha value is -0.640. The highest BCUT2D eigenvalue weighted by atomic mass is 35.5. The van der Waals surface area contributed by atoms with Gasteiger partial charge < -0.3 is 5.32 Å². The van der Waals surface area contributed by atoms with Crippen molar-refractivity contribution < 1.29 is 4.39 Å². The van der Waals surface area contributed by atoms with E-state index in [2.05, 4.69) is 16.3 Å². The van der Waals surface area contributed by atoms with Crippen LogP contribution in [0.15, 0.2) is 18.2 Å². The summed E-state index contributed by atoms with van der Waals surface area (Å²) >= 11 is 0. The number of aryl methyl sites for hydroxylation is 1. The average molecular weight is 313 g/mol. The molecular weight excluding hydrogens is 287 g/mol. The third kappa shape index (κ3) is 3.77. The molecule has 2 aliphatic rings. The van der Waals surface area contributed by atoms with Crippen molar-refractivity contribution in [2.45, 2.75) is 38.6 Å². The maximum absolute atomic E-state index is 14.0. The highest BCUT2D eigenvalue weighted by molar-refractivity contribution is 5.85. The van der Waals surface area contributed by atoms with Crippen LogP contribution in [0.1, 0.15) is 42.9 Å². The normalized spacial score (nSPS) is 22.0. The van der Waals surface area contributed by atoms with Crippen LogP contribution in [0.3, 0.4) is 0 Å². The predicted molar refractivity (Wildman–Crippen MR) is 87.5 cm³/mol. The Kier molecular flexibility index (Phi) is 6.03. The summed E-state index contributed by atoms with van der Waals surface area (Å²) in [4.78, 5) is 2.57. The Balaban J connectivity index is 0.00000161. The van der Waals surface area contributed by atoms with Crippen LogP contribution in [-0.4, -0.2) is 31.1 Å². The number of nitrogens with one attached hydrogen (secondary N) is 1. The summed E-state index contributed by atoms with van der Waals surface area (Å²) in [6, 6.07) is 6.27. The fourth-order valence-electron chi connectivity index (χ4n) is 3.81. The minimum Gasteiger partial charge on any atom is -0.314 e. The smallest absolute Gasteiger partial charge is 0.126 e. The van der Waals surface area contributed by atoms with Crippen molar-refractivity contribution in [2.24, 2.45) is 5.92 Å². The molecule has 0 unspecified atom stereocenters. The van der Waals surface area contributed by atoms with E-state index < -0.39 is 0 Å². The molecule has 1 aliphatic heterocycles. The van der Waals surface area contributed by atoms with Gasteiger partial charge in [0, 0.05) is 32.2 Å². The first-order valence-electron chi connectivity index (χ1n) is 7.96. The maximum Gasteiger partial charge on any atom is 0.126 e. The molecule has 21 heavy (non-hydrogen) atoms. The van der Waals surface area contributed by atoms with Gasteiger partial charge in [0.2, 0.25) is 0 Å². The van der Waals surface area contributed by atoms with E-state index >= 15 is 0 Å². The molecule has 118 valence electrons. The van der Waals surface area contributed by atoms with Gasteiger partial charge in [-0.05, 0) is 42.9 Å². The van der Waals surface area contributed by atoms with Crippen LogP contribution in [0.2, 0.25) is 0 Å². The summed E-state index contributed by atoms with van der Waals surface area (Å²) in [5.74, 6) is 0.649. The van der Waals surface area contributed by atoms with Gasteiger partial charge in [0.05, 0.1) is 0 Å². The summed E-state index contributed by atoms with van der Waals surface area (Å²) in [5.41, 5.74) is 1.93. The van der Waals surface area contributed by atoms with Crippen LogP contribution < -0.4 is 5.32 Å². The van der Waals surface area contributed by atoms with E-state index in [4.69, 9.17) is 0 Å². The Morgan fingerprint density at radius 1 is 1.19 bits per heavy atom. The third-order valence-electron chi connectivity index (χ3n) is 4.93. The molecule has 0 radical (unpaired) electrons. The van der Waals surface area contributed by atoms with Crippen molar-refractivity contribution in [1.29, 1.82) is 0 Å². The molecule has 1 atom stereocenters. The Bertz CT molecular complexity index is 454. The molecule has 4 heteroatoms. The topological polar surface area (TPSA) is 15.3 Å². The zero-order chi connectivity index (χ0) is 13.9. The largest absolute Gasteiger partial charge is 0.314 e.